The number of benzene rings is 1. The number of carboxylic acid groups (broad SMARTS) is 1. The summed E-state index contributed by atoms with van der Waals surface area (Å²) in [5.74, 6) is -0.0597. The fourth-order valence-corrected chi connectivity index (χ4v) is 2.32. The first-order chi connectivity index (χ1) is 13.4. The molecule has 2 heterocycles. The first kappa shape index (κ1) is 20.9. The second kappa shape index (κ2) is 10.1. The molecule has 0 radical (unpaired) electrons. The van der Waals surface area contributed by atoms with Gasteiger partial charge in [0.15, 0.2) is 11.4 Å². The predicted molar refractivity (Wildman–Crippen MR) is 106 cm³/mol. The maximum Gasteiger partial charge on any atom is 0.320 e. The van der Waals surface area contributed by atoms with Gasteiger partial charge in [0.25, 0.3) is 0 Å². The number of hydrogen-bond acceptors (Lipinski definition) is 5. The number of pyridine rings is 1. The lowest BCUT2D eigenvalue weighted by Gasteiger charge is -2.13. The zero-order chi connectivity index (χ0) is 20.5. The van der Waals surface area contributed by atoms with Crippen molar-refractivity contribution in [2.45, 2.75) is 26.0 Å². The smallest absolute Gasteiger partial charge is 0.320 e. The highest BCUT2D eigenvalue weighted by Gasteiger charge is 2.11. The second-order valence-corrected chi connectivity index (χ2v) is 6.40. The second-order valence-electron chi connectivity index (χ2n) is 6.40. The SMILES string of the molecule is CC(C(=O)O)N(C)C.N#CCc1cnc2c(OCc3ccccc3)cccn12. The standard InChI is InChI=1S/C16H13N3O.C5H11NO2/c17-9-8-14-11-18-16-15(7-4-10-19(14)16)20-12-13-5-2-1-3-6-13;1-4(5(7)8)6(2)3/h1-7,10-11H,8,12H2;4H,1-3H3,(H,7,8). The Morgan fingerprint density at radius 2 is 2.00 bits per heavy atom. The third-order valence-electron chi connectivity index (χ3n) is 4.21. The van der Waals surface area contributed by atoms with Crippen LogP contribution in [0.1, 0.15) is 18.2 Å². The molecule has 7 nitrogen and oxygen atoms in total. The normalized spacial score (nSPS) is 11.4. The van der Waals surface area contributed by atoms with Crippen LogP contribution >= 0.6 is 0 Å². The molecule has 28 heavy (non-hydrogen) atoms. The topological polar surface area (TPSA) is 90.9 Å². The van der Waals surface area contributed by atoms with Gasteiger partial charge in [0.05, 0.1) is 24.4 Å². The summed E-state index contributed by atoms with van der Waals surface area (Å²) in [6.45, 7) is 2.14. The number of nitrogens with zero attached hydrogens (tertiary/aromatic N) is 4. The van der Waals surface area contributed by atoms with Crippen LogP contribution in [0, 0.1) is 11.3 Å². The fraction of sp³-hybridized carbons (Fsp3) is 0.286. The van der Waals surface area contributed by atoms with Crippen LogP contribution in [0.25, 0.3) is 5.65 Å². The van der Waals surface area contributed by atoms with E-state index < -0.39 is 5.97 Å². The van der Waals surface area contributed by atoms with Crippen molar-refractivity contribution < 1.29 is 14.6 Å². The van der Waals surface area contributed by atoms with E-state index in [0.717, 1.165) is 22.7 Å². The van der Waals surface area contributed by atoms with E-state index in [1.165, 1.54) is 0 Å². The molecule has 0 saturated heterocycles. The zero-order valence-electron chi connectivity index (χ0n) is 16.2. The van der Waals surface area contributed by atoms with E-state index in [4.69, 9.17) is 15.1 Å². The highest BCUT2D eigenvalue weighted by atomic mass is 16.5. The molecule has 0 aliphatic carbocycles. The van der Waals surface area contributed by atoms with Crippen molar-refractivity contribution in [2.75, 3.05) is 14.1 Å². The molecule has 0 aliphatic heterocycles. The molecule has 3 rings (SSSR count). The molecular formula is C21H24N4O3. The predicted octanol–water partition coefficient (Wildman–Crippen LogP) is 3.00. The van der Waals surface area contributed by atoms with E-state index in [1.54, 1.807) is 32.1 Å². The Morgan fingerprint density at radius 1 is 1.29 bits per heavy atom. The Hall–Kier alpha value is -3.37. The minimum absolute atomic E-state index is 0.337. The van der Waals surface area contributed by atoms with Gasteiger partial charge in [-0.2, -0.15) is 5.26 Å². The van der Waals surface area contributed by atoms with E-state index in [-0.39, 0.29) is 6.04 Å². The van der Waals surface area contributed by atoms with Crippen LogP contribution in [0.2, 0.25) is 0 Å². The van der Waals surface area contributed by atoms with E-state index in [9.17, 15) is 4.79 Å². The lowest BCUT2D eigenvalue weighted by atomic mass is 10.2. The zero-order valence-corrected chi connectivity index (χ0v) is 16.2. The summed E-state index contributed by atoms with van der Waals surface area (Å²) in [5, 5.41) is 17.1. The number of aromatic nitrogens is 2. The quantitative estimate of drug-likeness (QED) is 0.707. The monoisotopic (exact) mass is 380 g/mol. The number of ether oxygens (including phenoxy) is 1. The van der Waals surface area contributed by atoms with Gasteiger partial charge in [0, 0.05) is 6.20 Å². The minimum Gasteiger partial charge on any atom is -0.485 e. The van der Waals surface area contributed by atoms with Gasteiger partial charge in [0.2, 0.25) is 0 Å². The Kier molecular flexibility index (Phi) is 7.55. The lowest BCUT2D eigenvalue weighted by molar-refractivity contribution is -0.141. The van der Waals surface area contributed by atoms with Gasteiger partial charge in [-0.1, -0.05) is 30.3 Å². The number of carbonyl (C=O) groups is 1. The van der Waals surface area contributed by atoms with Crippen molar-refractivity contribution in [2.24, 2.45) is 0 Å². The van der Waals surface area contributed by atoms with Crippen LogP contribution in [-0.2, 0) is 17.8 Å². The molecular weight excluding hydrogens is 356 g/mol. The lowest BCUT2D eigenvalue weighted by Crippen LogP contribution is -2.32. The summed E-state index contributed by atoms with van der Waals surface area (Å²) < 4.78 is 7.72. The Bertz CT molecular complexity index is 945. The number of hydrogen-bond donors (Lipinski definition) is 1. The molecule has 0 amide bonds. The number of rotatable bonds is 6. The summed E-state index contributed by atoms with van der Waals surface area (Å²) in [6.07, 6.45) is 3.95. The summed E-state index contributed by atoms with van der Waals surface area (Å²) in [5.41, 5.74) is 2.72. The Labute approximate surface area is 164 Å². The maximum absolute atomic E-state index is 10.1. The molecule has 1 unspecified atom stereocenters. The van der Waals surface area contributed by atoms with Gasteiger partial charge in [-0.15, -0.1) is 0 Å². The highest BCUT2D eigenvalue weighted by molar-refractivity contribution is 5.72. The Morgan fingerprint density at radius 3 is 2.57 bits per heavy atom. The first-order valence-electron chi connectivity index (χ1n) is 8.82. The van der Waals surface area contributed by atoms with Crippen LogP contribution in [0.5, 0.6) is 5.75 Å². The molecule has 2 aromatic heterocycles. The summed E-state index contributed by atoms with van der Waals surface area (Å²) in [4.78, 5) is 16.1. The van der Waals surface area contributed by atoms with Crippen molar-refractivity contribution >= 4 is 11.6 Å². The van der Waals surface area contributed by atoms with Gasteiger partial charge in [-0.25, -0.2) is 4.98 Å². The first-order valence-corrected chi connectivity index (χ1v) is 8.82. The van der Waals surface area contributed by atoms with Crippen LogP contribution < -0.4 is 4.74 Å². The summed E-state index contributed by atoms with van der Waals surface area (Å²) in [6, 6.07) is 15.5. The van der Waals surface area contributed by atoms with E-state index in [2.05, 4.69) is 11.1 Å². The van der Waals surface area contributed by atoms with Gasteiger partial charge in [-0.3, -0.25) is 14.1 Å². The molecule has 0 aliphatic rings. The molecule has 0 bridgehead atoms. The third kappa shape index (κ3) is 5.56. The van der Waals surface area contributed by atoms with Crippen molar-refractivity contribution in [1.29, 1.82) is 5.26 Å². The summed E-state index contributed by atoms with van der Waals surface area (Å²) >= 11 is 0. The van der Waals surface area contributed by atoms with Gasteiger partial charge in [0.1, 0.15) is 12.6 Å². The van der Waals surface area contributed by atoms with Gasteiger partial charge >= 0.3 is 5.97 Å². The van der Waals surface area contributed by atoms with Gasteiger partial charge in [-0.05, 0) is 38.7 Å². The Balaban J connectivity index is 0.000000300. The van der Waals surface area contributed by atoms with Crippen molar-refractivity contribution in [3.05, 3.63) is 66.1 Å². The molecule has 0 saturated carbocycles. The highest BCUT2D eigenvalue weighted by Crippen LogP contribution is 2.20. The average Bonchev–Trinajstić information content (AvgIpc) is 3.11. The molecule has 1 atom stereocenters. The minimum atomic E-state index is -0.782. The number of carboxylic acids is 1. The number of nitriles is 1. The van der Waals surface area contributed by atoms with E-state index >= 15 is 0 Å². The van der Waals surface area contributed by atoms with Crippen molar-refractivity contribution in [3.63, 3.8) is 0 Å². The molecule has 1 N–H and O–H groups in total. The third-order valence-corrected chi connectivity index (χ3v) is 4.21. The maximum atomic E-state index is 10.1. The van der Waals surface area contributed by atoms with Crippen LogP contribution in [-0.4, -0.2) is 45.5 Å². The van der Waals surface area contributed by atoms with Gasteiger partial charge < -0.3 is 9.84 Å². The number of likely N-dealkylation sites (N-methyl/N-ethyl adjacent to an activating group) is 1. The molecule has 3 aromatic rings. The van der Waals surface area contributed by atoms with Crippen molar-refractivity contribution in [3.8, 4) is 11.8 Å². The van der Waals surface area contributed by atoms with Crippen LogP contribution in [0.4, 0.5) is 0 Å². The molecule has 1 aromatic carbocycles. The van der Waals surface area contributed by atoms with Crippen molar-refractivity contribution in [1.82, 2.24) is 14.3 Å². The number of fused-ring (bicyclic) bond motifs is 1. The molecule has 0 fully saturated rings. The number of aliphatic carboxylic acids is 1. The summed E-state index contributed by atoms with van der Waals surface area (Å²) in [7, 11) is 3.47. The van der Waals surface area contributed by atoms with E-state index in [0.29, 0.717) is 13.0 Å². The van der Waals surface area contributed by atoms with Crippen LogP contribution in [0.3, 0.4) is 0 Å². The molecule has 146 valence electrons. The largest absolute Gasteiger partial charge is 0.485 e. The van der Waals surface area contributed by atoms with Crippen LogP contribution in [0.15, 0.2) is 54.9 Å². The van der Waals surface area contributed by atoms with E-state index in [1.807, 2.05) is 53.1 Å². The molecule has 7 heteroatoms. The average molecular weight is 380 g/mol. The fourth-order valence-electron chi connectivity index (χ4n) is 2.32. The molecule has 0 spiro atoms. The number of imidazole rings is 1.